The summed E-state index contributed by atoms with van der Waals surface area (Å²) < 4.78 is 0. The van der Waals surface area contributed by atoms with Crippen molar-refractivity contribution < 1.29 is 0 Å². The van der Waals surface area contributed by atoms with Crippen LogP contribution in [-0.2, 0) is 0 Å². The zero-order chi connectivity index (χ0) is 2.00. The molecule has 2 nitrogen and oxygen atoms in total. The van der Waals surface area contributed by atoms with Gasteiger partial charge < -0.3 is 0 Å². The summed E-state index contributed by atoms with van der Waals surface area (Å²) in [5.41, 5.74) is 0. The number of rotatable bonds is 0. The van der Waals surface area contributed by atoms with Gasteiger partial charge in [-0.1, -0.05) is 14.9 Å². The van der Waals surface area contributed by atoms with E-state index in [1.54, 1.807) is 0 Å². The normalized spacial score (nSPS) is 1.00. The first-order chi connectivity index (χ1) is 1.00. The maximum atomic E-state index is 7.00. The smallest absolute Gasteiger partial charge is 0 e. The molecule has 0 amide bonds. The second kappa shape index (κ2) is 41.6. The van der Waals surface area contributed by atoms with Gasteiger partial charge in [0.1, 0.15) is 0 Å². The summed E-state index contributed by atoms with van der Waals surface area (Å²) in [5.74, 6) is 0. The van der Waals surface area contributed by atoms with E-state index in [4.69, 9.17) is 9.93 Å². The first kappa shape index (κ1) is 67.6. The van der Waals surface area contributed by atoms with Crippen LogP contribution in [-0.4, -0.2) is 0 Å². The minimum Gasteiger partial charge on any atom is -0.0776 e. The van der Waals surface area contributed by atoms with Crippen LogP contribution in [0.3, 0.4) is 0 Å². The second-order valence-electron chi connectivity index (χ2n) is 0. The summed E-state index contributed by atoms with van der Waals surface area (Å²) in [4.78, 5) is 14.0. The van der Waals surface area contributed by atoms with Crippen LogP contribution in [0.1, 0.15) is 14.9 Å². The molecule has 0 unspecified atom stereocenters. The summed E-state index contributed by atoms with van der Waals surface area (Å²) in [7, 11) is 0. The molecule has 0 heterocycles. The number of hydrogen-bond donors (Lipinski definition) is 0. The Hall–Kier alpha value is -0.400. The van der Waals surface area contributed by atoms with Gasteiger partial charge in [-0.15, -0.1) is 0 Å². The Kier molecular flexibility index (Phi) is 703. The van der Waals surface area contributed by atoms with E-state index in [1.807, 2.05) is 0 Å². The van der Waals surface area contributed by atoms with E-state index in [0.29, 0.717) is 0 Å². The van der Waals surface area contributed by atoms with Crippen LogP contribution in [0.25, 0.3) is 0 Å². The zero-order valence-corrected chi connectivity index (χ0v) is 0.816. The fourth-order valence-electron chi connectivity index (χ4n) is 0. The average molecular weight is 64.1 g/mol. The molecule has 0 N–H and O–H groups in total. The van der Waals surface area contributed by atoms with Crippen LogP contribution in [0.15, 0.2) is 0 Å². The monoisotopic (exact) mass is 64.1 g/mol. The van der Waals surface area contributed by atoms with Gasteiger partial charge in [0.05, 0.1) is 0 Å². The van der Waals surface area contributed by atoms with E-state index in [1.165, 1.54) is 0 Å². The van der Waals surface area contributed by atoms with Crippen molar-refractivity contribution in [2.75, 3.05) is 0 Å². The van der Waals surface area contributed by atoms with E-state index in [2.05, 4.69) is 0 Å². The lowest BCUT2D eigenvalue weighted by Gasteiger charge is -0.707. The SMILES string of the molecule is C.C.O=O. The predicted octanol–water partition coefficient (Wildman–Crippen LogP) is 1.34. The molecular weight excluding hydrogens is 56.0 g/mol. The molecule has 2 heteroatoms. The maximum Gasteiger partial charge on any atom is 0 e. The lowest BCUT2D eigenvalue weighted by molar-refractivity contribution is 2.50. The van der Waals surface area contributed by atoms with Gasteiger partial charge in [-0.25, -0.2) is 0 Å². The predicted molar refractivity (Wildman–Crippen MR) is 20.2 cm³/mol. The molecule has 0 spiro atoms. The van der Waals surface area contributed by atoms with Crippen molar-refractivity contribution in [1.82, 2.24) is 0 Å². The highest BCUT2D eigenvalue weighted by molar-refractivity contribution is 4.07. The van der Waals surface area contributed by atoms with Crippen molar-refractivity contribution in [1.29, 1.82) is 0 Å². The highest BCUT2D eigenvalue weighted by Gasteiger charge is 0.707. The Morgan fingerprint density at radius 3 is 0.750 bits per heavy atom. The van der Waals surface area contributed by atoms with Gasteiger partial charge in [0, 0.05) is 9.93 Å². The molecule has 0 aromatic carbocycles. The van der Waals surface area contributed by atoms with Crippen LogP contribution in [0.5, 0.6) is 0 Å². The van der Waals surface area contributed by atoms with E-state index >= 15 is 0 Å². The van der Waals surface area contributed by atoms with Crippen LogP contribution >= 0.6 is 0 Å². The third kappa shape index (κ3) is 3.60. The Balaban J connectivity index is -0.00000000500. The molecule has 0 bridgehead atoms. The molecule has 0 aromatic heterocycles. The summed E-state index contributed by atoms with van der Waals surface area (Å²) in [6, 6.07) is 0. The highest BCUT2D eigenvalue weighted by atomic mass is 16.7. The molecule has 0 aliphatic heterocycles. The Morgan fingerprint density at radius 1 is 0.750 bits per heavy atom. The maximum absolute atomic E-state index is 7.00. The second-order valence-corrected chi connectivity index (χ2v) is 0. The van der Waals surface area contributed by atoms with E-state index in [9.17, 15) is 0 Å². The van der Waals surface area contributed by atoms with Gasteiger partial charge in [0.2, 0.25) is 0 Å². The fourth-order valence-corrected chi connectivity index (χ4v) is 0. The van der Waals surface area contributed by atoms with E-state index < -0.39 is 0 Å². The van der Waals surface area contributed by atoms with Crippen LogP contribution in [0.2, 0.25) is 0 Å². The molecule has 0 aliphatic rings. The number of hydrogen-bond acceptors (Lipinski definition) is 2. The lowest BCUT2D eigenvalue weighted by Crippen LogP contribution is -0.674. The van der Waals surface area contributed by atoms with Crippen LogP contribution in [0.4, 0.5) is 0 Å². The van der Waals surface area contributed by atoms with Gasteiger partial charge in [-0.3, -0.25) is 0 Å². The van der Waals surface area contributed by atoms with Crippen molar-refractivity contribution >= 4 is 0 Å². The Bertz CT molecular complexity index is 4.00. The lowest BCUT2D eigenvalue weighted by atomic mass is 12.0. The van der Waals surface area contributed by atoms with E-state index in [0.717, 1.165) is 0 Å². The molecule has 0 rings (SSSR count). The van der Waals surface area contributed by atoms with Crippen molar-refractivity contribution in [2.45, 2.75) is 14.9 Å². The minimum absolute atomic E-state index is 0. The molecule has 28 valence electrons. The largest absolute Gasteiger partial charge is 0.0776 e. The van der Waals surface area contributed by atoms with Gasteiger partial charge in [-0.05, 0) is 0 Å². The molecular formula is C2H8O2. The molecule has 0 saturated heterocycles. The third-order valence-corrected chi connectivity index (χ3v) is 0. The molecule has 0 saturated carbocycles. The van der Waals surface area contributed by atoms with Crippen LogP contribution < -0.4 is 0 Å². The molecule has 4 heavy (non-hydrogen) atoms. The van der Waals surface area contributed by atoms with Crippen molar-refractivity contribution in [2.24, 2.45) is 0 Å². The van der Waals surface area contributed by atoms with Gasteiger partial charge in [0.25, 0.3) is 0 Å². The first-order valence-electron chi connectivity index (χ1n) is 0.167. The summed E-state index contributed by atoms with van der Waals surface area (Å²) in [6.45, 7) is 0. The first-order valence-corrected chi connectivity index (χ1v) is 0.167. The van der Waals surface area contributed by atoms with Crippen LogP contribution in [0, 0.1) is 9.93 Å². The van der Waals surface area contributed by atoms with Crippen molar-refractivity contribution in [3.8, 4) is 0 Å². The molecule has 0 fully saturated rings. The minimum atomic E-state index is 0. The van der Waals surface area contributed by atoms with Gasteiger partial charge in [0.15, 0.2) is 0 Å². The highest BCUT2D eigenvalue weighted by Crippen LogP contribution is 0.741. The Morgan fingerprint density at radius 2 is 0.750 bits per heavy atom. The summed E-state index contributed by atoms with van der Waals surface area (Å²) in [5, 5.41) is 0. The molecule has 0 atom stereocenters. The summed E-state index contributed by atoms with van der Waals surface area (Å²) >= 11 is 0. The molecule has 0 aromatic rings. The topological polar surface area (TPSA) is 34.1 Å². The fraction of sp³-hybridized carbons (Fsp3) is 1.00. The Labute approximate surface area is 26.0 Å². The average Bonchev–Trinajstić information content (AvgIpc) is 1.00. The quantitative estimate of drug-likeness (QED) is 0.426. The van der Waals surface area contributed by atoms with E-state index in [-0.39, 0.29) is 14.9 Å². The molecule has 0 aliphatic carbocycles. The standard InChI is InChI=1S/2CH4.O2/c;;1-2/h2*1H4;. The summed E-state index contributed by atoms with van der Waals surface area (Å²) in [6.07, 6.45) is 0. The van der Waals surface area contributed by atoms with Gasteiger partial charge >= 0.3 is 0 Å². The molecule has 0 radical (unpaired) electrons. The van der Waals surface area contributed by atoms with Crippen molar-refractivity contribution in [3.05, 3.63) is 9.93 Å². The third-order valence-electron chi connectivity index (χ3n) is 0. The van der Waals surface area contributed by atoms with Gasteiger partial charge in [-0.2, -0.15) is 0 Å². The van der Waals surface area contributed by atoms with Crippen molar-refractivity contribution in [3.63, 3.8) is 0 Å². The zero-order valence-electron chi connectivity index (χ0n) is 0.816.